The van der Waals surface area contributed by atoms with Gasteiger partial charge in [0.15, 0.2) is 12.9 Å². The molecule has 1 amide bonds. The summed E-state index contributed by atoms with van der Waals surface area (Å²) < 4.78 is 5.22. The fraction of sp³-hybridized carbons (Fsp3) is 0.429. The number of hydrogen-bond donors (Lipinski definition) is 1. The molecule has 7 nitrogen and oxygen atoms in total. The molecule has 0 heterocycles. The van der Waals surface area contributed by atoms with Crippen molar-refractivity contribution in [2.75, 3.05) is 13.2 Å². The normalized spacial score (nSPS) is 9.95. The van der Waals surface area contributed by atoms with Crippen LogP contribution in [0.25, 0.3) is 0 Å². The summed E-state index contributed by atoms with van der Waals surface area (Å²) in [6, 6.07) is 3.65. The number of rotatable bonds is 9. The highest BCUT2D eigenvalue weighted by Gasteiger charge is 2.12. The van der Waals surface area contributed by atoms with Crippen molar-refractivity contribution in [3.63, 3.8) is 0 Å². The summed E-state index contributed by atoms with van der Waals surface area (Å²) in [7, 11) is 0. The van der Waals surface area contributed by atoms with Crippen molar-refractivity contribution < 1.29 is 19.2 Å². The van der Waals surface area contributed by atoms with E-state index in [-0.39, 0.29) is 29.5 Å². The molecule has 0 spiro atoms. The Hall–Kier alpha value is -2.44. The van der Waals surface area contributed by atoms with Crippen molar-refractivity contribution in [2.24, 2.45) is 0 Å². The second-order valence-electron chi connectivity index (χ2n) is 4.44. The molecule has 0 unspecified atom stereocenters. The zero-order chi connectivity index (χ0) is 15.7. The lowest BCUT2D eigenvalue weighted by molar-refractivity contribution is -0.384. The van der Waals surface area contributed by atoms with E-state index >= 15 is 0 Å². The van der Waals surface area contributed by atoms with Gasteiger partial charge < -0.3 is 10.1 Å². The van der Waals surface area contributed by atoms with Crippen LogP contribution in [0.4, 0.5) is 5.69 Å². The van der Waals surface area contributed by atoms with Gasteiger partial charge in [0.1, 0.15) is 5.75 Å². The first-order chi connectivity index (χ1) is 10.1. The Balaban J connectivity index is 2.53. The first kappa shape index (κ1) is 16.6. The van der Waals surface area contributed by atoms with Gasteiger partial charge in [-0.2, -0.15) is 0 Å². The third-order valence-corrected chi connectivity index (χ3v) is 2.79. The minimum atomic E-state index is -0.600. The van der Waals surface area contributed by atoms with E-state index in [1.54, 1.807) is 0 Å². The fourth-order valence-corrected chi connectivity index (χ4v) is 1.67. The first-order valence-electron chi connectivity index (χ1n) is 6.71. The van der Waals surface area contributed by atoms with Gasteiger partial charge in [-0.1, -0.05) is 19.8 Å². The number of carbonyl (C=O) groups is 2. The van der Waals surface area contributed by atoms with Crippen molar-refractivity contribution >= 4 is 17.9 Å². The van der Waals surface area contributed by atoms with E-state index in [0.29, 0.717) is 12.8 Å². The van der Waals surface area contributed by atoms with Crippen LogP contribution in [0.5, 0.6) is 5.75 Å². The topological polar surface area (TPSA) is 98.5 Å². The van der Waals surface area contributed by atoms with Crippen LogP contribution in [-0.2, 0) is 4.79 Å². The van der Waals surface area contributed by atoms with E-state index in [0.717, 1.165) is 25.3 Å². The van der Waals surface area contributed by atoms with E-state index < -0.39 is 4.92 Å². The zero-order valence-corrected chi connectivity index (χ0v) is 11.8. The number of hydrogen-bond acceptors (Lipinski definition) is 5. The molecule has 0 saturated carbocycles. The molecule has 0 fully saturated rings. The Bertz CT molecular complexity index is 516. The molecular formula is C14H18N2O5. The van der Waals surface area contributed by atoms with Crippen LogP contribution < -0.4 is 10.1 Å². The smallest absolute Gasteiger partial charge is 0.270 e. The molecule has 1 aromatic rings. The lowest BCUT2D eigenvalue weighted by atomic mass is 10.2. The predicted octanol–water partition coefficient (Wildman–Crippen LogP) is 2.09. The number of carbonyl (C=O) groups excluding carboxylic acids is 2. The second kappa shape index (κ2) is 8.68. The van der Waals surface area contributed by atoms with Crippen LogP contribution >= 0.6 is 0 Å². The fourth-order valence-electron chi connectivity index (χ4n) is 1.67. The van der Waals surface area contributed by atoms with Crippen molar-refractivity contribution in [3.05, 3.63) is 33.9 Å². The van der Waals surface area contributed by atoms with Gasteiger partial charge in [-0.15, -0.1) is 0 Å². The molecule has 0 aliphatic rings. The molecular weight excluding hydrogens is 276 g/mol. The summed E-state index contributed by atoms with van der Waals surface area (Å²) in [5.41, 5.74) is -0.156. The largest absolute Gasteiger partial charge is 0.483 e. The second-order valence-corrected chi connectivity index (χ2v) is 4.44. The van der Waals surface area contributed by atoms with Gasteiger partial charge >= 0.3 is 0 Å². The lowest BCUT2D eigenvalue weighted by Crippen LogP contribution is -2.29. The highest BCUT2D eigenvalue weighted by Crippen LogP contribution is 2.22. The number of ether oxygens (including phenoxy) is 1. The van der Waals surface area contributed by atoms with E-state index in [1.165, 1.54) is 12.1 Å². The molecule has 1 rings (SSSR count). The Morgan fingerprint density at radius 3 is 2.81 bits per heavy atom. The number of nitrogens with zero attached hydrogens (tertiary/aromatic N) is 1. The van der Waals surface area contributed by atoms with Crippen LogP contribution in [0.15, 0.2) is 18.2 Å². The molecule has 0 saturated heterocycles. The summed E-state index contributed by atoms with van der Waals surface area (Å²) >= 11 is 0. The van der Waals surface area contributed by atoms with E-state index in [9.17, 15) is 19.7 Å². The van der Waals surface area contributed by atoms with Gasteiger partial charge in [0, 0.05) is 18.7 Å². The maximum absolute atomic E-state index is 11.5. The molecule has 0 aliphatic carbocycles. The van der Waals surface area contributed by atoms with Gasteiger partial charge in [0.25, 0.3) is 11.6 Å². The summed E-state index contributed by atoms with van der Waals surface area (Å²) in [6.07, 6.45) is 3.47. The van der Waals surface area contributed by atoms with Gasteiger partial charge in [-0.3, -0.25) is 19.7 Å². The third kappa shape index (κ3) is 5.60. The standard InChI is InChI=1S/C14H18N2O5/c1-2-3-4-7-15-14(18)10-21-13-6-5-12(16(19)20)8-11(13)9-17/h5-6,8-9H,2-4,7,10H2,1H3,(H,15,18). The van der Waals surface area contributed by atoms with Gasteiger partial charge in [-0.05, 0) is 12.5 Å². The molecule has 0 radical (unpaired) electrons. The third-order valence-electron chi connectivity index (χ3n) is 2.79. The number of amides is 1. The molecule has 1 N–H and O–H groups in total. The molecule has 7 heteroatoms. The maximum atomic E-state index is 11.5. The maximum Gasteiger partial charge on any atom is 0.270 e. The van der Waals surface area contributed by atoms with Gasteiger partial charge in [0.2, 0.25) is 0 Å². The van der Waals surface area contributed by atoms with Crippen molar-refractivity contribution in [1.82, 2.24) is 5.32 Å². The summed E-state index contributed by atoms with van der Waals surface area (Å²) in [5.74, 6) is -0.138. The Morgan fingerprint density at radius 1 is 1.43 bits per heavy atom. The SMILES string of the molecule is CCCCCNC(=O)COc1ccc([N+](=O)[O-])cc1C=O. The van der Waals surface area contributed by atoms with Crippen LogP contribution in [0.3, 0.4) is 0 Å². The van der Waals surface area contributed by atoms with Gasteiger partial charge in [0.05, 0.1) is 10.5 Å². The van der Waals surface area contributed by atoms with Crippen LogP contribution in [0.2, 0.25) is 0 Å². The van der Waals surface area contributed by atoms with E-state index in [4.69, 9.17) is 4.74 Å². The summed E-state index contributed by atoms with van der Waals surface area (Å²) in [4.78, 5) is 32.4. The Labute approximate surface area is 122 Å². The summed E-state index contributed by atoms with van der Waals surface area (Å²) in [5, 5.41) is 13.3. The van der Waals surface area contributed by atoms with Gasteiger partial charge in [-0.25, -0.2) is 0 Å². The van der Waals surface area contributed by atoms with Crippen LogP contribution in [0, 0.1) is 10.1 Å². The zero-order valence-electron chi connectivity index (χ0n) is 11.8. The average Bonchev–Trinajstić information content (AvgIpc) is 2.49. The lowest BCUT2D eigenvalue weighted by Gasteiger charge is -2.08. The number of nitro benzene ring substituents is 1. The van der Waals surface area contributed by atoms with Crippen molar-refractivity contribution in [1.29, 1.82) is 0 Å². The summed E-state index contributed by atoms with van der Waals surface area (Å²) in [6.45, 7) is 2.42. The number of non-ortho nitro benzene ring substituents is 1. The van der Waals surface area contributed by atoms with E-state index in [2.05, 4.69) is 12.2 Å². The highest BCUT2D eigenvalue weighted by molar-refractivity contribution is 5.81. The van der Waals surface area contributed by atoms with Crippen LogP contribution in [0.1, 0.15) is 36.5 Å². The minimum absolute atomic E-state index is 0.0444. The van der Waals surface area contributed by atoms with Crippen molar-refractivity contribution in [2.45, 2.75) is 26.2 Å². The molecule has 0 aliphatic heterocycles. The minimum Gasteiger partial charge on any atom is -0.483 e. The Morgan fingerprint density at radius 2 is 2.19 bits per heavy atom. The van der Waals surface area contributed by atoms with Crippen molar-refractivity contribution in [3.8, 4) is 5.75 Å². The molecule has 0 atom stereocenters. The molecule has 0 aromatic heterocycles. The Kier molecular flexibility index (Phi) is 6.86. The number of nitrogens with one attached hydrogen (secondary N) is 1. The molecule has 114 valence electrons. The average molecular weight is 294 g/mol. The number of aldehydes is 1. The first-order valence-corrected chi connectivity index (χ1v) is 6.71. The molecule has 1 aromatic carbocycles. The molecule has 0 bridgehead atoms. The number of benzene rings is 1. The van der Waals surface area contributed by atoms with E-state index in [1.807, 2.05) is 0 Å². The predicted molar refractivity (Wildman–Crippen MR) is 76.5 cm³/mol. The number of nitro groups is 1. The number of unbranched alkanes of at least 4 members (excludes halogenated alkanes) is 2. The van der Waals surface area contributed by atoms with Crippen LogP contribution in [-0.4, -0.2) is 30.3 Å². The quantitative estimate of drug-likeness (QED) is 0.325. The highest BCUT2D eigenvalue weighted by atomic mass is 16.6. The molecule has 21 heavy (non-hydrogen) atoms. The monoisotopic (exact) mass is 294 g/mol.